The maximum Gasteiger partial charge on any atom is 0.306 e. The first-order valence-corrected chi connectivity index (χ1v) is 8.19. The molecule has 1 heterocycles. The molecule has 2 aromatic rings. The summed E-state index contributed by atoms with van der Waals surface area (Å²) in [5.41, 5.74) is 1.39. The first-order chi connectivity index (χ1) is 11.3. The van der Waals surface area contributed by atoms with Crippen LogP contribution in [0.4, 0.5) is 0 Å². The zero-order chi connectivity index (χ0) is 17.7. The molecular formula is C19H27ClN2O3. The Balaban J connectivity index is 0.00000312. The fourth-order valence-electron chi connectivity index (χ4n) is 2.87. The van der Waals surface area contributed by atoms with Crippen molar-refractivity contribution in [1.29, 1.82) is 0 Å². The summed E-state index contributed by atoms with van der Waals surface area (Å²) in [6, 6.07) is 11.7. The van der Waals surface area contributed by atoms with Crippen LogP contribution in [0.25, 0.3) is 11.3 Å². The second kappa shape index (κ2) is 9.02. The summed E-state index contributed by atoms with van der Waals surface area (Å²) >= 11 is 0. The van der Waals surface area contributed by atoms with E-state index in [9.17, 15) is 4.79 Å². The van der Waals surface area contributed by atoms with E-state index in [1.165, 1.54) is 0 Å². The summed E-state index contributed by atoms with van der Waals surface area (Å²) in [5, 5.41) is 4.15. The first-order valence-electron chi connectivity index (χ1n) is 8.19. The third kappa shape index (κ3) is 5.58. The lowest BCUT2D eigenvalue weighted by Crippen LogP contribution is -2.36. The van der Waals surface area contributed by atoms with Gasteiger partial charge in [0, 0.05) is 30.0 Å². The fourth-order valence-corrected chi connectivity index (χ4v) is 2.87. The van der Waals surface area contributed by atoms with Crippen LogP contribution in [0.5, 0.6) is 0 Å². The van der Waals surface area contributed by atoms with Gasteiger partial charge in [-0.05, 0) is 14.1 Å². The van der Waals surface area contributed by atoms with Crippen LogP contribution in [0, 0.1) is 5.41 Å². The molecule has 0 spiro atoms. The first kappa shape index (κ1) is 21.2. The molecule has 5 nitrogen and oxygen atoms in total. The zero-order valence-corrected chi connectivity index (χ0v) is 16.3. The van der Waals surface area contributed by atoms with E-state index in [1.54, 1.807) is 6.92 Å². The minimum atomic E-state index is -0.489. The average molecular weight is 367 g/mol. The van der Waals surface area contributed by atoms with Crippen molar-refractivity contribution in [2.45, 2.75) is 33.3 Å². The van der Waals surface area contributed by atoms with Crippen molar-refractivity contribution in [2.75, 3.05) is 20.6 Å². The largest absolute Gasteiger partial charge is 0.453 e. The molecule has 0 aliphatic carbocycles. The monoisotopic (exact) mass is 366 g/mol. The van der Waals surface area contributed by atoms with Crippen molar-refractivity contribution >= 4 is 18.4 Å². The summed E-state index contributed by atoms with van der Waals surface area (Å²) in [7, 11) is 3.99. The van der Waals surface area contributed by atoms with E-state index in [0.29, 0.717) is 12.2 Å². The number of halogens is 1. The summed E-state index contributed by atoms with van der Waals surface area (Å²) in [6.45, 7) is 6.65. The van der Waals surface area contributed by atoms with Crippen molar-refractivity contribution in [3.8, 4) is 11.3 Å². The Kier molecular flexibility index (Phi) is 7.64. The molecule has 25 heavy (non-hydrogen) atoms. The van der Waals surface area contributed by atoms with Crippen LogP contribution in [-0.2, 0) is 9.53 Å². The molecule has 0 fully saturated rings. The van der Waals surface area contributed by atoms with Crippen LogP contribution in [0.15, 0.2) is 40.9 Å². The molecule has 1 aromatic heterocycles. The number of aromatic nitrogens is 1. The minimum absolute atomic E-state index is 0. The van der Waals surface area contributed by atoms with E-state index in [2.05, 4.69) is 23.9 Å². The van der Waals surface area contributed by atoms with Crippen LogP contribution in [0.1, 0.15) is 39.1 Å². The number of rotatable bonds is 7. The summed E-state index contributed by atoms with van der Waals surface area (Å²) in [6.07, 6.45) is -0.161. The van der Waals surface area contributed by atoms with Crippen LogP contribution in [0.2, 0.25) is 0 Å². The highest BCUT2D eigenvalue weighted by Gasteiger charge is 2.37. The lowest BCUT2D eigenvalue weighted by molar-refractivity contribution is -0.158. The summed E-state index contributed by atoms with van der Waals surface area (Å²) < 4.78 is 11.3. The van der Waals surface area contributed by atoms with Crippen LogP contribution in [0.3, 0.4) is 0 Å². The van der Waals surface area contributed by atoms with E-state index in [4.69, 9.17) is 9.26 Å². The summed E-state index contributed by atoms with van der Waals surface area (Å²) in [5.74, 6) is 0.326. The second-order valence-corrected chi connectivity index (χ2v) is 6.93. The second-order valence-electron chi connectivity index (χ2n) is 6.93. The maximum atomic E-state index is 11.9. The SMILES string of the molecule is CCC(=O)OC(c1cc(-c2ccccc2)no1)C(C)(C)CN(C)C.Cl. The topological polar surface area (TPSA) is 55.6 Å². The highest BCUT2D eigenvalue weighted by atomic mass is 35.5. The van der Waals surface area contributed by atoms with Gasteiger partial charge in [-0.2, -0.15) is 0 Å². The molecule has 0 saturated heterocycles. The van der Waals surface area contributed by atoms with Gasteiger partial charge in [0.15, 0.2) is 11.9 Å². The highest BCUT2D eigenvalue weighted by Crippen LogP contribution is 2.38. The molecule has 1 unspecified atom stereocenters. The van der Waals surface area contributed by atoms with E-state index >= 15 is 0 Å². The van der Waals surface area contributed by atoms with Crippen molar-refractivity contribution in [3.05, 3.63) is 42.2 Å². The Bertz CT molecular complexity index is 668. The molecule has 0 aliphatic rings. The number of ether oxygens (including phenoxy) is 1. The Morgan fingerprint density at radius 2 is 1.92 bits per heavy atom. The molecule has 0 saturated carbocycles. The Hall–Kier alpha value is -1.85. The number of nitrogens with zero attached hydrogens (tertiary/aromatic N) is 2. The summed E-state index contributed by atoms with van der Waals surface area (Å²) in [4.78, 5) is 14.0. The molecule has 138 valence electrons. The van der Waals surface area contributed by atoms with Crippen molar-refractivity contribution < 1.29 is 14.1 Å². The normalized spacial score (nSPS) is 12.6. The molecule has 1 aromatic carbocycles. The standard InChI is InChI=1S/C19H26N2O3.ClH/c1-6-17(22)23-18(19(2,3)13-21(4)5)16-12-15(20-24-16)14-10-8-7-9-11-14;/h7-12,18H,6,13H2,1-5H3;1H. The van der Waals surface area contributed by atoms with E-state index in [0.717, 1.165) is 17.8 Å². The lowest BCUT2D eigenvalue weighted by Gasteiger charge is -2.34. The zero-order valence-electron chi connectivity index (χ0n) is 15.5. The van der Waals surface area contributed by atoms with Gasteiger partial charge in [0.05, 0.1) is 0 Å². The van der Waals surface area contributed by atoms with Gasteiger partial charge in [0.2, 0.25) is 0 Å². The number of carbonyl (C=O) groups is 1. The van der Waals surface area contributed by atoms with Crippen molar-refractivity contribution in [1.82, 2.24) is 10.1 Å². The predicted octanol–water partition coefficient (Wildman–Crippen LogP) is 4.35. The molecule has 0 aliphatic heterocycles. The molecule has 0 N–H and O–H groups in total. The number of hydrogen-bond donors (Lipinski definition) is 0. The quantitative estimate of drug-likeness (QED) is 0.682. The minimum Gasteiger partial charge on any atom is -0.453 e. The lowest BCUT2D eigenvalue weighted by atomic mass is 9.84. The van der Waals surface area contributed by atoms with Crippen LogP contribution >= 0.6 is 12.4 Å². The third-order valence-corrected chi connectivity index (χ3v) is 3.83. The van der Waals surface area contributed by atoms with E-state index < -0.39 is 6.10 Å². The fraction of sp³-hybridized carbons (Fsp3) is 0.474. The third-order valence-electron chi connectivity index (χ3n) is 3.83. The predicted molar refractivity (Wildman–Crippen MR) is 101 cm³/mol. The van der Waals surface area contributed by atoms with E-state index in [1.807, 2.05) is 50.5 Å². The van der Waals surface area contributed by atoms with Gasteiger partial charge < -0.3 is 14.2 Å². The van der Waals surface area contributed by atoms with Gasteiger partial charge in [-0.1, -0.05) is 56.3 Å². The van der Waals surface area contributed by atoms with Gasteiger partial charge in [-0.15, -0.1) is 12.4 Å². The average Bonchev–Trinajstić information content (AvgIpc) is 3.01. The van der Waals surface area contributed by atoms with Gasteiger partial charge in [0.25, 0.3) is 0 Å². The molecular weight excluding hydrogens is 340 g/mol. The molecule has 0 radical (unpaired) electrons. The number of benzene rings is 1. The number of esters is 1. The van der Waals surface area contributed by atoms with Gasteiger partial charge >= 0.3 is 5.97 Å². The molecule has 0 bridgehead atoms. The molecule has 6 heteroatoms. The van der Waals surface area contributed by atoms with Gasteiger partial charge in [0.1, 0.15) is 5.69 Å². The number of carbonyl (C=O) groups excluding carboxylic acids is 1. The smallest absolute Gasteiger partial charge is 0.306 e. The number of hydrogen-bond acceptors (Lipinski definition) is 5. The van der Waals surface area contributed by atoms with Crippen LogP contribution in [-0.4, -0.2) is 36.7 Å². The van der Waals surface area contributed by atoms with Gasteiger partial charge in [-0.25, -0.2) is 0 Å². The van der Waals surface area contributed by atoms with Crippen LogP contribution < -0.4 is 0 Å². The Morgan fingerprint density at radius 1 is 1.28 bits per heavy atom. The van der Waals surface area contributed by atoms with E-state index in [-0.39, 0.29) is 23.8 Å². The maximum absolute atomic E-state index is 11.9. The van der Waals surface area contributed by atoms with Gasteiger partial charge in [-0.3, -0.25) is 4.79 Å². The molecule has 2 rings (SSSR count). The molecule has 1 atom stereocenters. The molecule has 0 amide bonds. The Labute approximate surface area is 155 Å². The van der Waals surface area contributed by atoms with Crippen molar-refractivity contribution in [2.24, 2.45) is 5.41 Å². The Morgan fingerprint density at radius 3 is 2.48 bits per heavy atom. The highest BCUT2D eigenvalue weighted by molar-refractivity contribution is 5.85. The van der Waals surface area contributed by atoms with Crippen molar-refractivity contribution in [3.63, 3.8) is 0 Å².